The third-order valence-corrected chi connectivity index (χ3v) is 6.75. The van der Waals surface area contributed by atoms with Gasteiger partial charge in [-0.2, -0.15) is 0 Å². The maximum Gasteiger partial charge on any atom is 0.268 e. The largest absolute Gasteiger partial charge is 0.274 e. The van der Waals surface area contributed by atoms with E-state index >= 15 is 0 Å². The maximum atomic E-state index is 13.6. The lowest BCUT2D eigenvalue weighted by atomic mass is 9.90. The van der Waals surface area contributed by atoms with Crippen LogP contribution in [0.15, 0.2) is 77.3 Å². The van der Waals surface area contributed by atoms with Gasteiger partial charge in [-0.3, -0.25) is 19.4 Å². The van der Waals surface area contributed by atoms with Gasteiger partial charge in [0.1, 0.15) is 6.04 Å². The Kier molecular flexibility index (Phi) is 5.38. The number of fused-ring (bicyclic) bond motifs is 1. The fourth-order valence-corrected chi connectivity index (χ4v) is 4.93. The van der Waals surface area contributed by atoms with Gasteiger partial charge >= 0.3 is 0 Å². The van der Waals surface area contributed by atoms with Crippen LogP contribution >= 0.6 is 15.9 Å². The van der Waals surface area contributed by atoms with Crippen LogP contribution in [0.1, 0.15) is 33.1 Å². The first-order valence-electron chi connectivity index (χ1n) is 10.7. The van der Waals surface area contributed by atoms with Gasteiger partial charge in [-0.05, 0) is 49.7 Å². The van der Waals surface area contributed by atoms with Crippen molar-refractivity contribution in [3.8, 4) is 0 Å². The van der Waals surface area contributed by atoms with E-state index in [2.05, 4.69) is 21.4 Å². The van der Waals surface area contributed by atoms with Crippen molar-refractivity contribution in [2.24, 2.45) is 5.92 Å². The molecule has 3 aromatic carbocycles. The van der Waals surface area contributed by atoms with Crippen LogP contribution in [0.5, 0.6) is 0 Å². The first-order valence-corrected chi connectivity index (χ1v) is 11.5. The van der Waals surface area contributed by atoms with E-state index in [-0.39, 0.29) is 11.8 Å². The van der Waals surface area contributed by atoms with Gasteiger partial charge in [-0.25, -0.2) is 10.3 Å². The molecule has 166 valence electrons. The monoisotopic (exact) mass is 503 g/mol. The molecule has 3 amide bonds. The molecule has 2 fully saturated rings. The zero-order valence-electron chi connectivity index (χ0n) is 18.2. The number of halogens is 1. The molecule has 2 aliphatic heterocycles. The number of carbonyl (C=O) groups excluding carboxylic acids is 3. The SMILES string of the molecule is Cc1ccc(C2NN(C(=O)c3cccc(Br)c3)C3C(=O)N(c4ccc(C)cc4)C(=O)C23)cc1. The van der Waals surface area contributed by atoms with Crippen molar-refractivity contribution >= 4 is 39.3 Å². The van der Waals surface area contributed by atoms with E-state index in [0.717, 1.165) is 21.2 Å². The van der Waals surface area contributed by atoms with E-state index in [1.165, 1.54) is 9.91 Å². The summed E-state index contributed by atoms with van der Waals surface area (Å²) >= 11 is 3.40. The fourth-order valence-electron chi connectivity index (χ4n) is 4.53. The Morgan fingerprint density at radius 3 is 2.15 bits per heavy atom. The lowest BCUT2D eigenvalue weighted by Gasteiger charge is -2.25. The van der Waals surface area contributed by atoms with Gasteiger partial charge in [0, 0.05) is 10.0 Å². The second-order valence-electron chi connectivity index (χ2n) is 8.52. The highest BCUT2D eigenvalue weighted by Gasteiger charge is 2.60. The molecule has 3 aromatic rings. The molecule has 3 unspecified atom stereocenters. The first-order chi connectivity index (χ1) is 15.8. The third kappa shape index (κ3) is 3.67. The van der Waals surface area contributed by atoms with Crippen LogP contribution in [0.25, 0.3) is 0 Å². The number of anilines is 1. The minimum absolute atomic E-state index is 0.309. The number of hydrogen-bond acceptors (Lipinski definition) is 4. The van der Waals surface area contributed by atoms with E-state index in [1.54, 1.807) is 30.3 Å². The van der Waals surface area contributed by atoms with Crippen molar-refractivity contribution in [1.82, 2.24) is 10.4 Å². The molecule has 0 bridgehead atoms. The van der Waals surface area contributed by atoms with Crippen LogP contribution in [0, 0.1) is 19.8 Å². The summed E-state index contributed by atoms with van der Waals surface area (Å²) < 4.78 is 0.759. The molecule has 1 N–H and O–H groups in total. The highest BCUT2D eigenvalue weighted by Crippen LogP contribution is 2.42. The zero-order chi connectivity index (χ0) is 23.3. The summed E-state index contributed by atoms with van der Waals surface area (Å²) in [4.78, 5) is 41.9. The van der Waals surface area contributed by atoms with Crippen molar-refractivity contribution in [1.29, 1.82) is 0 Å². The van der Waals surface area contributed by atoms with Crippen molar-refractivity contribution in [3.05, 3.63) is 99.5 Å². The molecule has 33 heavy (non-hydrogen) atoms. The van der Waals surface area contributed by atoms with Gasteiger partial charge in [0.15, 0.2) is 0 Å². The Morgan fingerprint density at radius 2 is 1.52 bits per heavy atom. The van der Waals surface area contributed by atoms with Crippen molar-refractivity contribution in [2.45, 2.75) is 25.9 Å². The quantitative estimate of drug-likeness (QED) is 0.540. The van der Waals surface area contributed by atoms with E-state index in [0.29, 0.717) is 11.3 Å². The fraction of sp³-hybridized carbons (Fsp3) is 0.192. The van der Waals surface area contributed by atoms with Crippen molar-refractivity contribution < 1.29 is 14.4 Å². The summed E-state index contributed by atoms with van der Waals surface area (Å²) in [7, 11) is 0. The predicted molar refractivity (Wildman–Crippen MR) is 128 cm³/mol. The standard InChI is InChI=1S/C26H22BrN3O3/c1-15-6-10-17(11-7-15)22-21-23(30(28-22)24(31)18-4-3-5-19(27)14-18)26(33)29(25(21)32)20-12-8-16(2)9-13-20/h3-14,21-23,28H,1-2H3. The minimum atomic E-state index is -0.934. The van der Waals surface area contributed by atoms with Gasteiger partial charge in [0.25, 0.3) is 11.8 Å². The Balaban J connectivity index is 1.58. The molecule has 6 nitrogen and oxygen atoms in total. The van der Waals surface area contributed by atoms with Gasteiger partial charge in [-0.1, -0.05) is 69.5 Å². The Labute approximate surface area is 200 Å². The maximum absolute atomic E-state index is 13.6. The van der Waals surface area contributed by atoms with Crippen LogP contribution in [0.2, 0.25) is 0 Å². The van der Waals surface area contributed by atoms with Crippen LogP contribution in [-0.2, 0) is 9.59 Å². The molecule has 3 atom stereocenters. The third-order valence-electron chi connectivity index (χ3n) is 6.25. The van der Waals surface area contributed by atoms with Gasteiger partial charge in [-0.15, -0.1) is 0 Å². The summed E-state index contributed by atoms with van der Waals surface area (Å²) in [6, 6.07) is 20.6. The second kappa shape index (κ2) is 8.24. The molecule has 2 saturated heterocycles. The van der Waals surface area contributed by atoms with Crippen LogP contribution in [-0.4, -0.2) is 28.8 Å². The summed E-state index contributed by atoms with van der Waals surface area (Å²) in [5, 5.41) is 1.34. The lowest BCUT2D eigenvalue weighted by Crippen LogP contribution is -2.48. The van der Waals surface area contributed by atoms with E-state index in [9.17, 15) is 14.4 Å². The van der Waals surface area contributed by atoms with Crippen LogP contribution in [0.3, 0.4) is 0 Å². The number of carbonyl (C=O) groups is 3. The molecular formula is C26H22BrN3O3. The predicted octanol–water partition coefficient (Wildman–Crippen LogP) is 4.33. The minimum Gasteiger partial charge on any atom is -0.274 e. The molecule has 0 aliphatic carbocycles. The van der Waals surface area contributed by atoms with Crippen molar-refractivity contribution in [3.63, 3.8) is 0 Å². The number of hydrogen-bond donors (Lipinski definition) is 1. The summed E-state index contributed by atoms with van der Waals surface area (Å²) in [5.74, 6) is -1.79. The normalized spacial score (nSPS) is 22.1. The highest BCUT2D eigenvalue weighted by molar-refractivity contribution is 9.10. The average Bonchev–Trinajstić information content (AvgIpc) is 3.31. The van der Waals surface area contributed by atoms with E-state index < -0.39 is 23.9 Å². The highest BCUT2D eigenvalue weighted by atomic mass is 79.9. The Morgan fingerprint density at radius 1 is 0.879 bits per heavy atom. The van der Waals surface area contributed by atoms with Crippen LogP contribution < -0.4 is 10.3 Å². The molecule has 7 heteroatoms. The zero-order valence-corrected chi connectivity index (χ0v) is 19.7. The summed E-state index contributed by atoms with van der Waals surface area (Å²) in [6.07, 6.45) is 0. The van der Waals surface area contributed by atoms with Crippen molar-refractivity contribution in [2.75, 3.05) is 4.90 Å². The Hall–Kier alpha value is -3.29. The number of nitrogens with one attached hydrogen (secondary N) is 1. The Bertz CT molecular complexity index is 1260. The number of hydrazine groups is 1. The molecule has 0 radical (unpaired) electrons. The smallest absolute Gasteiger partial charge is 0.268 e. The average molecular weight is 504 g/mol. The number of nitrogens with zero attached hydrogens (tertiary/aromatic N) is 2. The summed E-state index contributed by atoms with van der Waals surface area (Å²) in [5.41, 5.74) is 7.10. The number of aryl methyl sites for hydroxylation is 2. The lowest BCUT2D eigenvalue weighted by molar-refractivity contribution is -0.123. The molecule has 2 heterocycles. The number of rotatable bonds is 3. The van der Waals surface area contributed by atoms with Gasteiger partial charge in [0.05, 0.1) is 17.6 Å². The molecule has 0 saturated carbocycles. The molecule has 0 aromatic heterocycles. The first kappa shape index (κ1) is 21.6. The number of amides is 3. The molecule has 2 aliphatic rings. The summed E-state index contributed by atoms with van der Waals surface area (Å²) in [6.45, 7) is 3.93. The van der Waals surface area contributed by atoms with Gasteiger partial charge < -0.3 is 0 Å². The number of imide groups is 1. The molecule has 0 spiro atoms. The van der Waals surface area contributed by atoms with E-state index in [4.69, 9.17) is 0 Å². The van der Waals surface area contributed by atoms with Crippen LogP contribution in [0.4, 0.5) is 5.69 Å². The second-order valence-corrected chi connectivity index (χ2v) is 9.44. The molecule has 5 rings (SSSR count). The van der Waals surface area contributed by atoms with E-state index in [1.807, 2.05) is 56.3 Å². The topological polar surface area (TPSA) is 69.7 Å². The van der Waals surface area contributed by atoms with Gasteiger partial charge in [0.2, 0.25) is 5.91 Å². The number of benzene rings is 3. The molecular weight excluding hydrogens is 482 g/mol.